The van der Waals surface area contributed by atoms with Gasteiger partial charge in [0, 0.05) is 0 Å². The Kier molecular flexibility index (Phi) is 5.47. The van der Waals surface area contributed by atoms with Gasteiger partial charge in [-0.1, -0.05) is 0 Å². The van der Waals surface area contributed by atoms with Gasteiger partial charge in [-0.05, 0) is 0 Å². The van der Waals surface area contributed by atoms with Crippen LogP contribution in [-0.4, -0.2) is 11.4 Å². The fourth-order valence-corrected chi connectivity index (χ4v) is 10.2. The van der Waals surface area contributed by atoms with E-state index in [1.54, 1.807) is 12.1 Å². The van der Waals surface area contributed by atoms with E-state index < -0.39 is 5.96 Å². The number of rotatable bonds is 6. The zero-order valence-electron chi connectivity index (χ0n) is 16.4. The number of aromatic hydroxyl groups is 1. The molecule has 0 unspecified atom stereocenters. The Balaban J connectivity index is 2.07. The Morgan fingerprint density at radius 2 is 1.13 bits per heavy atom. The number of halogens is 1. The zero-order chi connectivity index (χ0) is 21.1. The molecule has 4 aromatic rings. The van der Waals surface area contributed by atoms with E-state index in [9.17, 15) is 9.90 Å². The maximum absolute atomic E-state index is 11.5. The van der Waals surface area contributed by atoms with Crippen LogP contribution in [0.2, 0.25) is 0 Å². The molecular weight excluding hydrogens is 411 g/mol. The second kappa shape index (κ2) is 8.07. The predicted octanol–water partition coefficient (Wildman–Crippen LogP) is 5.39. The molecule has 0 atom stereocenters. The van der Waals surface area contributed by atoms with Crippen molar-refractivity contribution in [2.75, 3.05) is 0 Å². The molecule has 4 aromatic carbocycles. The van der Waals surface area contributed by atoms with Crippen molar-refractivity contribution >= 4 is 39.4 Å². The topological polar surface area (TPSA) is 37.3 Å². The molecule has 4 heteroatoms. The van der Waals surface area contributed by atoms with Crippen LogP contribution in [0.25, 0.3) is 0 Å². The first kappa shape index (κ1) is 20.3. The number of carbonyl (C=O) groups is 1. The minimum atomic E-state index is -3.46. The van der Waals surface area contributed by atoms with Crippen LogP contribution in [0, 0.1) is 0 Å². The number of carbonyl (C=O) groups excluding carboxylic acids is 1. The van der Waals surface area contributed by atoms with Crippen LogP contribution >= 0.6 is 17.2 Å². The average molecular weight is 433 g/mol. The Morgan fingerprint density at radius 3 is 1.53 bits per heavy atom. The molecule has 2 nitrogen and oxygen atoms in total. The standard InChI is InChI=1S/C26H22ClO2P/c27-30(23-10-4-1-5-11-23,24-12-6-2-7-13-24,25-14-8-3-9-15-25)20-21-16-17-26(29)22(18-21)19-28/h1-19,29H,20H2. The summed E-state index contributed by atoms with van der Waals surface area (Å²) in [5, 5.41) is 13.2. The van der Waals surface area contributed by atoms with E-state index in [-0.39, 0.29) is 11.3 Å². The first-order valence-corrected chi connectivity index (χ1v) is 13.1. The summed E-state index contributed by atoms with van der Waals surface area (Å²) in [6.07, 6.45) is 1.20. The van der Waals surface area contributed by atoms with E-state index in [0.717, 1.165) is 21.5 Å². The van der Waals surface area contributed by atoms with Gasteiger partial charge in [-0.2, -0.15) is 0 Å². The fourth-order valence-electron chi connectivity index (χ4n) is 4.08. The van der Waals surface area contributed by atoms with E-state index in [1.807, 2.05) is 60.7 Å². The van der Waals surface area contributed by atoms with Gasteiger partial charge in [0.05, 0.1) is 0 Å². The van der Waals surface area contributed by atoms with Crippen LogP contribution in [0.15, 0.2) is 109 Å². The number of hydrogen-bond donors (Lipinski definition) is 1. The van der Waals surface area contributed by atoms with Gasteiger partial charge in [0.25, 0.3) is 0 Å². The monoisotopic (exact) mass is 432 g/mol. The third-order valence-electron chi connectivity index (χ3n) is 5.58. The normalized spacial score (nSPS) is 12.6. The Morgan fingerprint density at radius 1 is 0.700 bits per heavy atom. The Hall–Kier alpha value is -2.93. The van der Waals surface area contributed by atoms with Crippen molar-refractivity contribution in [1.29, 1.82) is 0 Å². The average Bonchev–Trinajstić information content (AvgIpc) is 2.82. The van der Waals surface area contributed by atoms with E-state index in [4.69, 9.17) is 11.2 Å². The third kappa shape index (κ3) is 3.33. The molecule has 0 aliphatic rings. The molecule has 0 bridgehead atoms. The van der Waals surface area contributed by atoms with Gasteiger partial charge >= 0.3 is 182 Å². The van der Waals surface area contributed by atoms with Gasteiger partial charge in [0.15, 0.2) is 0 Å². The van der Waals surface area contributed by atoms with Gasteiger partial charge in [-0.25, -0.2) is 0 Å². The number of phenolic OH excluding ortho intramolecular Hbond substituents is 1. The molecule has 0 fully saturated rings. The first-order chi connectivity index (χ1) is 14.6. The maximum atomic E-state index is 11.5. The van der Waals surface area contributed by atoms with Crippen molar-refractivity contribution in [3.63, 3.8) is 0 Å². The summed E-state index contributed by atoms with van der Waals surface area (Å²) in [6.45, 7) is 0. The summed E-state index contributed by atoms with van der Waals surface area (Å²) in [5.41, 5.74) is 1.17. The SMILES string of the molecule is O=Cc1cc(CP(Cl)(c2ccccc2)(c2ccccc2)c2ccccc2)ccc1O. The van der Waals surface area contributed by atoms with Crippen LogP contribution in [0.5, 0.6) is 5.75 Å². The van der Waals surface area contributed by atoms with Crippen LogP contribution < -0.4 is 15.9 Å². The summed E-state index contributed by atoms with van der Waals surface area (Å²) >= 11 is 8.02. The summed E-state index contributed by atoms with van der Waals surface area (Å²) in [7, 11) is 0. The van der Waals surface area contributed by atoms with Crippen molar-refractivity contribution in [3.05, 3.63) is 120 Å². The molecule has 0 aliphatic heterocycles. The van der Waals surface area contributed by atoms with Crippen molar-refractivity contribution in [2.24, 2.45) is 0 Å². The Bertz CT molecular complexity index is 1060. The van der Waals surface area contributed by atoms with E-state index in [1.165, 1.54) is 0 Å². The van der Waals surface area contributed by atoms with Crippen molar-refractivity contribution in [2.45, 2.75) is 6.16 Å². The van der Waals surface area contributed by atoms with Crippen molar-refractivity contribution in [1.82, 2.24) is 0 Å². The van der Waals surface area contributed by atoms with Gasteiger partial charge in [0.2, 0.25) is 0 Å². The van der Waals surface area contributed by atoms with Gasteiger partial charge in [-0.15, -0.1) is 0 Å². The third-order valence-corrected chi connectivity index (χ3v) is 12.8. The van der Waals surface area contributed by atoms with Crippen LogP contribution in [0.1, 0.15) is 15.9 Å². The molecule has 0 saturated heterocycles. The van der Waals surface area contributed by atoms with Crippen LogP contribution in [0.3, 0.4) is 0 Å². The number of aldehydes is 1. The molecular formula is C26H22ClO2P. The second-order valence-electron chi connectivity index (χ2n) is 7.36. The van der Waals surface area contributed by atoms with E-state index in [0.29, 0.717) is 12.4 Å². The number of hydrogen-bond acceptors (Lipinski definition) is 2. The molecule has 0 radical (unpaired) electrons. The molecule has 1 N–H and O–H groups in total. The fraction of sp³-hybridized carbons (Fsp3) is 0.0385. The molecule has 0 saturated carbocycles. The molecule has 150 valence electrons. The van der Waals surface area contributed by atoms with Crippen LogP contribution in [0.4, 0.5) is 0 Å². The van der Waals surface area contributed by atoms with E-state index in [2.05, 4.69) is 36.4 Å². The van der Waals surface area contributed by atoms with E-state index >= 15 is 0 Å². The minimum absolute atomic E-state index is 0.0252. The molecule has 30 heavy (non-hydrogen) atoms. The molecule has 4 rings (SSSR count). The second-order valence-corrected chi connectivity index (χ2v) is 13.8. The van der Waals surface area contributed by atoms with Crippen molar-refractivity contribution < 1.29 is 9.90 Å². The molecule has 0 spiro atoms. The Labute approximate surface area is 181 Å². The summed E-state index contributed by atoms with van der Waals surface area (Å²) in [6, 6.07) is 35.7. The van der Waals surface area contributed by atoms with Gasteiger partial charge in [0.1, 0.15) is 0 Å². The summed E-state index contributed by atoms with van der Waals surface area (Å²) < 4.78 is 0. The molecule has 0 aromatic heterocycles. The van der Waals surface area contributed by atoms with Crippen LogP contribution in [-0.2, 0) is 6.16 Å². The first-order valence-electron chi connectivity index (χ1n) is 9.73. The molecule has 0 aliphatic carbocycles. The summed E-state index contributed by atoms with van der Waals surface area (Å²) in [5.74, 6) is -3.49. The van der Waals surface area contributed by atoms with Gasteiger partial charge in [-0.3, -0.25) is 0 Å². The quantitative estimate of drug-likeness (QED) is 0.327. The van der Waals surface area contributed by atoms with Gasteiger partial charge < -0.3 is 0 Å². The molecule has 0 amide bonds. The summed E-state index contributed by atoms with van der Waals surface area (Å²) in [4.78, 5) is 11.5. The predicted molar refractivity (Wildman–Crippen MR) is 128 cm³/mol. The molecule has 0 heterocycles. The number of benzene rings is 4. The zero-order valence-corrected chi connectivity index (χ0v) is 18.0. The number of phenols is 1. The van der Waals surface area contributed by atoms with Crippen molar-refractivity contribution in [3.8, 4) is 5.75 Å².